The maximum atomic E-state index is 12.5. The van der Waals surface area contributed by atoms with E-state index in [0.29, 0.717) is 6.54 Å². The van der Waals surface area contributed by atoms with Crippen LogP contribution in [0.15, 0.2) is 48.5 Å². The van der Waals surface area contributed by atoms with Gasteiger partial charge in [-0.15, -0.1) is 0 Å². The molecule has 3 rings (SSSR count). The van der Waals surface area contributed by atoms with Gasteiger partial charge in [0, 0.05) is 12.1 Å². The van der Waals surface area contributed by atoms with Crippen molar-refractivity contribution in [2.45, 2.75) is 32.8 Å². The molecule has 0 N–H and O–H groups in total. The van der Waals surface area contributed by atoms with Crippen LogP contribution < -0.4 is 4.90 Å². The van der Waals surface area contributed by atoms with Crippen LogP contribution >= 0.6 is 0 Å². The van der Waals surface area contributed by atoms with Crippen LogP contribution in [0.2, 0.25) is 0 Å². The summed E-state index contributed by atoms with van der Waals surface area (Å²) in [6.07, 6.45) is 0.601. The lowest BCUT2D eigenvalue weighted by Gasteiger charge is -2.26. The van der Waals surface area contributed by atoms with Crippen LogP contribution in [0.3, 0.4) is 0 Å². The van der Waals surface area contributed by atoms with E-state index in [1.807, 2.05) is 39.0 Å². The second kappa shape index (κ2) is 5.48. The zero-order valence-corrected chi connectivity index (χ0v) is 13.3. The first-order valence-electron chi connectivity index (χ1n) is 7.63. The van der Waals surface area contributed by atoms with Crippen LogP contribution in [0.25, 0.3) is 11.1 Å². The molecule has 2 aromatic rings. The first kappa shape index (κ1) is 14.6. The Hall–Kier alpha value is -2.29. The van der Waals surface area contributed by atoms with Crippen LogP contribution in [-0.2, 0) is 11.2 Å². The van der Waals surface area contributed by atoms with Gasteiger partial charge in [-0.1, -0.05) is 48.5 Å². The first-order chi connectivity index (χ1) is 10.5. The van der Waals surface area contributed by atoms with Gasteiger partial charge in [-0.2, -0.15) is 0 Å². The van der Waals surface area contributed by atoms with Gasteiger partial charge in [-0.25, -0.2) is 4.79 Å². The van der Waals surface area contributed by atoms with E-state index in [4.69, 9.17) is 4.74 Å². The van der Waals surface area contributed by atoms with Crippen molar-refractivity contribution in [1.82, 2.24) is 0 Å². The molecule has 1 aliphatic rings. The summed E-state index contributed by atoms with van der Waals surface area (Å²) in [5, 5.41) is 0. The number of amides is 1. The predicted octanol–water partition coefficient (Wildman–Crippen LogP) is 4.65. The van der Waals surface area contributed by atoms with E-state index in [1.54, 1.807) is 4.90 Å². The standard InChI is InChI=1S/C19H21NO2/c1-19(2,3)22-18(21)20-13-12-15-10-7-11-16(17(15)20)14-8-5-4-6-9-14/h4-11H,12-13H2,1-3H3. The SMILES string of the molecule is CC(C)(C)OC(=O)N1CCc2cccc(-c3ccccc3)c21. The molecule has 0 aromatic heterocycles. The minimum Gasteiger partial charge on any atom is -0.443 e. The number of hydrogen-bond acceptors (Lipinski definition) is 2. The van der Waals surface area contributed by atoms with Gasteiger partial charge >= 0.3 is 6.09 Å². The van der Waals surface area contributed by atoms with Crippen molar-refractivity contribution in [3.8, 4) is 11.1 Å². The Morgan fingerprint density at radius 3 is 2.45 bits per heavy atom. The number of benzene rings is 2. The van der Waals surface area contributed by atoms with Crippen LogP contribution in [0.4, 0.5) is 10.5 Å². The van der Waals surface area contributed by atoms with Crippen LogP contribution in [-0.4, -0.2) is 18.2 Å². The number of ether oxygens (including phenoxy) is 1. The van der Waals surface area contributed by atoms with Crippen LogP contribution in [0.5, 0.6) is 0 Å². The lowest BCUT2D eigenvalue weighted by Crippen LogP contribution is -2.35. The molecule has 0 saturated heterocycles. The predicted molar refractivity (Wildman–Crippen MR) is 89.2 cm³/mol. The highest BCUT2D eigenvalue weighted by Crippen LogP contribution is 2.38. The van der Waals surface area contributed by atoms with Gasteiger partial charge in [0.1, 0.15) is 5.60 Å². The number of rotatable bonds is 1. The van der Waals surface area contributed by atoms with Gasteiger partial charge in [0.15, 0.2) is 0 Å². The minimum atomic E-state index is -0.485. The highest BCUT2D eigenvalue weighted by atomic mass is 16.6. The first-order valence-corrected chi connectivity index (χ1v) is 7.63. The molecule has 3 nitrogen and oxygen atoms in total. The summed E-state index contributed by atoms with van der Waals surface area (Å²) in [6, 6.07) is 16.4. The van der Waals surface area contributed by atoms with Crippen molar-refractivity contribution in [2.24, 2.45) is 0 Å². The Kier molecular flexibility index (Phi) is 3.65. The molecule has 0 bridgehead atoms. The smallest absolute Gasteiger partial charge is 0.414 e. The van der Waals surface area contributed by atoms with E-state index in [9.17, 15) is 4.79 Å². The molecule has 0 radical (unpaired) electrons. The molecule has 3 heteroatoms. The van der Waals surface area contributed by atoms with Gasteiger partial charge < -0.3 is 4.74 Å². The van der Waals surface area contributed by atoms with Gasteiger partial charge in [-0.3, -0.25) is 4.90 Å². The van der Waals surface area contributed by atoms with Gasteiger partial charge in [0.05, 0.1) is 5.69 Å². The summed E-state index contributed by atoms with van der Waals surface area (Å²) < 4.78 is 5.56. The third-order valence-corrected chi connectivity index (χ3v) is 3.69. The number of para-hydroxylation sites is 1. The lowest BCUT2D eigenvalue weighted by atomic mass is 10.0. The summed E-state index contributed by atoms with van der Waals surface area (Å²) in [5.74, 6) is 0. The molecular formula is C19H21NO2. The molecule has 0 aliphatic carbocycles. The Morgan fingerprint density at radius 1 is 1.05 bits per heavy atom. The summed E-state index contributed by atoms with van der Waals surface area (Å²) >= 11 is 0. The minimum absolute atomic E-state index is 0.269. The van der Waals surface area contributed by atoms with Crippen molar-refractivity contribution in [3.63, 3.8) is 0 Å². The highest BCUT2D eigenvalue weighted by Gasteiger charge is 2.30. The lowest BCUT2D eigenvalue weighted by molar-refractivity contribution is 0.0584. The van der Waals surface area contributed by atoms with Gasteiger partial charge in [0.25, 0.3) is 0 Å². The van der Waals surface area contributed by atoms with Crippen LogP contribution in [0, 0.1) is 0 Å². The molecule has 114 valence electrons. The molecule has 0 atom stereocenters. The van der Waals surface area contributed by atoms with Crippen molar-refractivity contribution in [3.05, 3.63) is 54.1 Å². The fourth-order valence-corrected chi connectivity index (χ4v) is 2.81. The molecule has 1 heterocycles. The van der Waals surface area contributed by atoms with Crippen LogP contribution in [0.1, 0.15) is 26.3 Å². The number of carbonyl (C=O) groups is 1. The quantitative estimate of drug-likeness (QED) is 0.766. The molecule has 2 aromatic carbocycles. The maximum Gasteiger partial charge on any atom is 0.414 e. The van der Waals surface area contributed by atoms with Gasteiger partial charge in [0.2, 0.25) is 0 Å². The molecular weight excluding hydrogens is 274 g/mol. The second-order valence-corrected chi connectivity index (χ2v) is 6.56. The summed E-state index contributed by atoms with van der Waals surface area (Å²) in [7, 11) is 0. The number of hydrogen-bond donors (Lipinski definition) is 0. The normalized spacial score (nSPS) is 13.9. The van der Waals surface area contributed by atoms with Crippen molar-refractivity contribution < 1.29 is 9.53 Å². The number of carbonyl (C=O) groups excluding carboxylic acids is 1. The zero-order valence-electron chi connectivity index (χ0n) is 13.3. The monoisotopic (exact) mass is 295 g/mol. The average molecular weight is 295 g/mol. The third kappa shape index (κ3) is 2.84. The highest BCUT2D eigenvalue weighted by molar-refractivity contribution is 5.97. The molecule has 22 heavy (non-hydrogen) atoms. The Bertz CT molecular complexity index is 686. The average Bonchev–Trinajstić information content (AvgIpc) is 2.90. The van der Waals surface area contributed by atoms with Gasteiger partial charge in [-0.05, 0) is 38.3 Å². The van der Waals surface area contributed by atoms with Crippen molar-refractivity contribution >= 4 is 11.8 Å². The number of anilines is 1. The van der Waals surface area contributed by atoms with E-state index in [-0.39, 0.29) is 6.09 Å². The Labute approximate surface area is 131 Å². The summed E-state index contributed by atoms with van der Waals surface area (Å²) in [5.41, 5.74) is 3.91. The van der Waals surface area contributed by atoms with E-state index >= 15 is 0 Å². The molecule has 0 unspecified atom stereocenters. The Balaban J connectivity index is 2.01. The maximum absolute atomic E-state index is 12.5. The number of fused-ring (bicyclic) bond motifs is 1. The van der Waals surface area contributed by atoms with E-state index in [1.165, 1.54) is 5.56 Å². The van der Waals surface area contributed by atoms with Crippen molar-refractivity contribution in [1.29, 1.82) is 0 Å². The molecule has 0 saturated carbocycles. The summed E-state index contributed by atoms with van der Waals surface area (Å²) in [6.45, 7) is 6.36. The molecule has 0 fully saturated rings. The molecule has 1 aliphatic heterocycles. The fraction of sp³-hybridized carbons (Fsp3) is 0.316. The second-order valence-electron chi connectivity index (χ2n) is 6.56. The van der Waals surface area contributed by atoms with Crippen molar-refractivity contribution in [2.75, 3.05) is 11.4 Å². The van der Waals surface area contributed by atoms with E-state index in [2.05, 4.69) is 30.3 Å². The Morgan fingerprint density at radius 2 is 1.77 bits per heavy atom. The topological polar surface area (TPSA) is 29.5 Å². The number of nitrogens with zero attached hydrogens (tertiary/aromatic N) is 1. The third-order valence-electron chi connectivity index (χ3n) is 3.69. The van der Waals surface area contributed by atoms with E-state index < -0.39 is 5.60 Å². The largest absolute Gasteiger partial charge is 0.443 e. The van der Waals surface area contributed by atoms with E-state index in [0.717, 1.165) is 23.2 Å². The fourth-order valence-electron chi connectivity index (χ4n) is 2.81. The summed E-state index contributed by atoms with van der Waals surface area (Å²) in [4.78, 5) is 14.3. The molecule has 1 amide bonds. The molecule has 0 spiro atoms. The zero-order chi connectivity index (χ0) is 15.7.